The molecule has 86 valence electrons. The average molecular weight is 342 g/mol. The average Bonchev–Trinajstić information content (AvgIpc) is 1.80. The lowest BCUT2D eigenvalue weighted by Gasteiger charge is -2.23. The zero-order valence-electron chi connectivity index (χ0n) is 6.19. The summed E-state index contributed by atoms with van der Waals surface area (Å²) in [5.41, 5.74) is 0. The maximum absolute atomic E-state index is 12.1. The largest absolute Gasteiger partial charge is 0.453 e. The number of hydrogen-bond acceptors (Lipinski definition) is 0. The number of alkyl halides is 9. The fraction of sp³-hybridized carbons (Fsp3) is 1.00. The smallest absolute Gasteiger partial charge is 0.196 e. The first kappa shape index (κ1) is 14.2. The van der Waals surface area contributed by atoms with Crippen LogP contribution in [0.25, 0.3) is 0 Å². The lowest BCUT2D eigenvalue weighted by Crippen LogP contribution is -2.41. The zero-order chi connectivity index (χ0) is 11.8. The van der Waals surface area contributed by atoms with Gasteiger partial charge in [0.2, 0.25) is 0 Å². The third-order valence-corrected chi connectivity index (χ3v) is 2.35. The van der Waals surface area contributed by atoms with Crippen molar-refractivity contribution in [2.45, 2.75) is 28.6 Å². The second-order valence-electron chi connectivity index (χ2n) is 2.42. The van der Waals surface area contributed by atoms with Gasteiger partial charge in [0, 0.05) is 6.42 Å². The van der Waals surface area contributed by atoms with Crippen LogP contribution in [0.2, 0.25) is 0 Å². The fourth-order valence-electron chi connectivity index (χ4n) is 0.457. The molecule has 0 unspecified atom stereocenters. The van der Waals surface area contributed by atoms with Gasteiger partial charge in [-0.2, -0.15) is 35.1 Å². The Balaban J connectivity index is 4.53. The van der Waals surface area contributed by atoms with Gasteiger partial charge in [-0.1, -0.05) is 22.6 Å². The molecule has 14 heavy (non-hydrogen) atoms. The van der Waals surface area contributed by atoms with Gasteiger partial charge in [0.1, 0.15) is 3.92 Å². The van der Waals surface area contributed by atoms with Crippen LogP contribution in [0, 0.1) is 0 Å². The van der Waals surface area contributed by atoms with Gasteiger partial charge in [-0.15, -0.1) is 0 Å². The predicted octanol–water partition coefficient (Wildman–Crippen LogP) is 3.94. The number of rotatable bonds is 2. The van der Waals surface area contributed by atoms with Crippen molar-refractivity contribution in [2.75, 3.05) is 0 Å². The van der Waals surface area contributed by atoms with Crippen molar-refractivity contribution in [3.05, 3.63) is 0 Å². The minimum atomic E-state index is -5.94. The van der Waals surface area contributed by atoms with Crippen molar-refractivity contribution in [3.63, 3.8) is 0 Å². The molecule has 9 heteroatoms. The second-order valence-corrected chi connectivity index (χ2v) is 3.92. The molecule has 0 radical (unpaired) electrons. The Bertz CT molecular complexity index is 191. The molecule has 0 fully saturated rings. The lowest BCUT2D eigenvalue weighted by atomic mass is 10.2. The van der Waals surface area contributed by atoms with E-state index >= 15 is 0 Å². The molecule has 0 saturated carbocycles. The van der Waals surface area contributed by atoms with Gasteiger partial charge >= 0.3 is 18.3 Å². The number of halogens is 9. The van der Waals surface area contributed by atoms with Crippen molar-refractivity contribution in [1.82, 2.24) is 0 Å². The van der Waals surface area contributed by atoms with Crippen LogP contribution in [-0.4, -0.2) is 22.2 Å². The van der Waals surface area contributed by atoms with E-state index in [4.69, 9.17) is 0 Å². The van der Waals surface area contributed by atoms with E-state index in [2.05, 4.69) is 0 Å². The molecule has 0 saturated heterocycles. The Morgan fingerprint density at radius 3 is 1.43 bits per heavy atom. The van der Waals surface area contributed by atoms with Crippen LogP contribution in [0.4, 0.5) is 35.1 Å². The highest BCUT2D eigenvalue weighted by molar-refractivity contribution is 14.1. The first-order valence-corrected chi connectivity index (χ1v) is 4.28. The lowest BCUT2D eigenvalue weighted by molar-refractivity contribution is -0.288. The molecule has 1 atom stereocenters. The molecule has 0 aromatic carbocycles. The first-order chi connectivity index (χ1) is 5.88. The van der Waals surface area contributed by atoms with Crippen molar-refractivity contribution >= 4 is 22.6 Å². The van der Waals surface area contributed by atoms with Crippen LogP contribution >= 0.6 is 22.6 Å². The van der Waals surface area contributed by atoms with Crippen LogP contribution in [-0.2, 0) is 0 Å². The fourth-order valence-corrected chi connectivity index (χ4v) is 1.01. The van der Waals surface area contributed by atoms with E-state index in [1.54, 1.807) is 0 Å². The van der Waals surface area contributed by atoms with Crippen molar-refractivity contribution in [1.29, 1.82) is 0 Å². The van der Waals surface area contributed by atoms with Crippen molar-refractivity contribution < 1.29 is 35.1 Å². The molecule has 0 bridgehead atoms. The Kier molecular flexibility index (Phi) is 4.02. The van der Waals surface area contributed by atoms with Gasteiger partial charge in [0.05, 0.1) is 0 Å². The molecular formula is C5H3F8I. The normalized spacial score (nSPS) is 16.9. The van der Waals surface area contributed by atoms with E-state index in [0.717, 1.165) is 0 Å². The molecule has 0 aromatic rings. The number of hydrogen-bond donors (Lipinski definition) is 0. The molecular weight excluding hydrogens is 339 g/mol. The van der Waals surface area contributed by atoms with Crippen molar-refractivity contribution in [2.24, 2.45) is 0 Å². The summed E-state index contributed by atoms with van der Waals surface area (Å²) in [5.74, 6) is -5.31. The molecule has 0 heterocycles. The summed E-state index contributed by atoms with van der Waals surface area (Å²) in [5, 5.41) is 0. The van der Waals surface area contributed by atoms with Gasteiger partial charge in [0.25, 0.3) is 0 Å². The highest BCUT2D eigenvalue weighted by Crippen LogP contribution is 2.43. The molecule has 0 aliphatic rings. The first-order valence-electron chi connectivity index (χ1n) is 3.03. The van der Waals surface area contributed by atoms with Crippen LogP contribution in [0.3, 0.4) is 0 Å². The van der Waals surface area contributed by atoms with Gasteiger partial charge < -0.3 is 0 Å². The molecule has 0 aromatic heterocycles. The van der Waals surface area contributed by atoms with Crippen LogP contribution in [0.5, 0.6) is 0 Å². The highest BCUT2D eigenvalue weighted by Gasteiger charge is 2.60. The minimum absolute atomic E-state index is 0.508. The topological polar surface area (TPSA) is 0 Å². The molecule has 0 rings (SSSR count). The van der Waals surface area contributed by atoms with E-state index in [-0.39, 0.29) is 0 Å². The summed E-state index contributed by atoms with van der Waals surface area (Å²) in [7, 11) is 0. The quantitative estimate of drug-likeness (QED) is 0.405. The monoisotopic (exact) mass is 342 g/mol. The SMILES string of the molecule is FC(F)(F)[C@H](I)CC(F)(F)C(F)(F)F. The third-order valence-electron chi connectivity index (χ3n) is 1.21. The summed E-state index contributed by atoms with van der Waals surface area (Å²) in [6.45, 7) is 0. The van der Waals surface area contributed by atoms with Crippen LogP contribution < -0.4 is 0 Å². The van der Waals surface area contributed by atoms with E-state index in [9.17, 15) is 35.1 Å². The maximum atomic E-state index is 12.1. The van der Waals surface area contributed by atoms with Crippen LogP contribution in [0.15, 0.2) is 0 Å². The van der Waals surface area contributed by atoms with Crippen molar-refractivity contribution in [3.8, 4) is 0 Å². The molecule has 0 N–H and O–H groups in total. The summed E-state index contributed by atoms with van der Waals surface area (Å²) in [6, 6.07) is 0. The molecule has 0 aliphatic carbocycles. The Labute approximate surface area is 86.8 Å². The van der Waals surface area contributed by atoms with Gasteiger partial charge in [-0.05, 0) is 0 Å². The molecule has 0 aliphatic heterocycles. The summed E-state index contributed by atoms with van der Waals surface area (Å²) < 4.78 is 90.8. The summed E-state index contributed by atoms with van der Waals surface area (Å²) in [6.07, 6.45) is -13.3. The Morgan fingerprint density at radius 2 is 1.21 bits per heavy atom. The molecule has 0 spiro atoms. The Hall–Kier alpha value is 0.170. The van der Waals surface area contributed by atoms with E-state index in [1.807, 2.05) is 0 Å². The third kappa shape index (κ3) is 3.73. The minimum Gasteiger partial charge on any atom is -0.196 e. The van der Waals surface area contributed by atoms with Gasteiger partial charge in [-0.3, -0.25) is 0 Å². The Morgan fingerprint density at radius 1 is 0.857 bits per heavy atom. The summed E-state index contributed by atoms with van der Waals surface area (Å²) in [4.78, 5) is 0. The highest BCUT2D eigenvalue weighted by atomic mass is 127. The van der Waals surface area contributed by atoms with E-state index < -0.39 is 28.6 Å². The van der Waals surface area contributed by atoms with E-state index in [0.29, 0.717) is 22.6 Å². The maximum Gasteiger partial charge on any atom is 0.453 e. The zero-order valence-corrected chi connectivity index (χ0v) is 8.34. The van der Waals surface area contributed by atoms with Gasteiger partial charge in [-0.25, -0.2) is 0 Å². The predicted molar refractivity (Wildman–Crippen MR) is 39.5 cm³/mol. The molecule has 0 nitrogen and oxygen atoms in total. The standard InChI is InChI=1S/C5H3F8I/c6-3(7,5(11,12)13)1-2(14)4(8,9)10/h2H,1H2/t2-/m1/s1. The van der Waals surface area contributed by atoms with Gasteiger partial charge in [0.15, 0.2) is 0 Å². The van der Waals surface area contributed by atoms with Crippen LogP contribution in [0.1, 0.15) is 6.42 Å². The molecule has 0 amide bonds. The second kappa shape index (κ2) is 3.97. The van der Waals surface area contributed by atoms with E-state index in [1.165, 1.54) is 0 Å². The summed E-state index contributed by atoms with van der Waals surface area (Å²) >= 11 is 0.508.